The van der Waals surface area contributed by atoms with E-state index in [0.29, 0.717) is 11.3 Å². The molecular weight excluding hydrogens is 192 g/mol. The van der Waals surface area contributed by atoms with Gasteiger partial charge in [0.1, 0.15) is 12.4 Å². The van der Waals surface area contributed by atoms with E-state index in [1.165, 1.54) is 0 Å². The Bertz CT molecular complexity index is 446. The molecule has 1 aromatic carbocycles. The van der Waals surface area contributed by atoms with Gasteiger partial charge in [-0.15, -0.1) is 0 Å². The maximum atomic E-state index is 11.7. The molecule has 0 aliphatic carbocycles. The van der Waals surface area contributed by atoms with Crippen molar-refractivity contribution in [1.29, 1.82) is 0 Å². The lowest BCUT2D eigenvalue weighted by Crippen LogP contribution is -2.10. The standard InChI is InChI=1S/C12H12O3/c1-7-3-10-11(14)5-9(13)6-15-12(10)4-8(7)2/h3-4H,5-6H2,1-2H3. The molecule has 15 heavy (non-hydrogen) atoms. The third-order valence-corrected chi connectivity index (χ3v) is 2.64. The summed E-state index contributed by atoms with van der Waals surface area (Å²) < 4.78 is 5.30. The molecule has 78 valence electrons. The van der Waals surface area contributed by atoms with Gasteiger partial charge in [-0.1, -0.05) is 0 Å². The van der Waals surface area contributed by atoms with E-state index >= 15 is 0 Å². The van der Waals surface area contributed by atoms with Crippen LogP contribution in [0.5, 0.6) is 5.75 Å². The van der Waals surface area contributed by atoms with E-state index in [9.17, 15) is 9.59 Å². The van der Waals surface area contributed by atoms with Crippen molar-refractivity contribution in [3.8, 4) is 5.75 Å². The van der Waals surface area contributed by atoms with Crippen LogP contribution in [0, 0.1) is 13.8 Å². The van der Waals surface area contributed by atoms with Crippen LogP contribution >= 0.6 is 0 Å². The maximum Gasteiger partial charge on any atom is 0.177 e. The Morgan fingerprint density at radius 2 is 1.80 bits per heavy atom. The van der Waals surface area contributed by atoms with E-state index in [4.69, 9.17) is 4.74 Å². The SMILES string of the molecule is Cc1cc2c(cc1C)C(=O)CC(=O)CO2. The van der Waals surface area contributed by atoms with Gasteiger partial charge < -0.3 is 4.74 Å². The molecule has 1 aromatic rings. The third-order valence-electron chi connectivity index (χ3n) is 2.64. The quantitative estimate of drug-likeness (QED) is 0.605. The number of rotatable bonds is 0. The molecule has 0 atom stereocenters. The first-order chi connectivity index (χ1) is 7.08. The van der Waals surface area contributed by atoms with E-state index < -0.39 is 0 Å². The van der Waals surface area contributed by atoms with Gasteiger partial charge in [-0.25, -0.2) is 0 Å². The molecule has 0 aromatic heterocycles. The van der Waals surface area contributed by atoms with Crippen LogP contribution in [0.3, 0.4) is 0 Å². The number of hydrogen-bond acceptors (Lipinski definition) is 3. The highest BCUT2D eigenvalue weighted by Crippen LogP contribution is 2.26. The topological polar surface area (TPSA) is 43.4 Å². The minimum atomic E-state index is -0.161. The largest absolute Gasteiger partial charge is 0.485 e. The summed E-state index contributed by atoms with van der Waals surface area (Å²) in [7, 11) is 0. The summed E-state index contributed by atoms with van der Waals surface area (Å²) in [6.45, 7) is 3.90. The summed E-state index contributed by atoms with van der Waals surface area (Å²) in [6.07, 6.45) is -0.0461. The predicted molar refractivity (Wildman–Crippen MR) is 55.4 cm³/mol. The zero-order valence-corrected chi connectivity index (χ0v) is 8.79. The second kappa shape index (κ2) is 3.50. The monoisotopic (exact) mass is 204 g/mol. The van der Waals surface area contributed by atoms with E-state index in [1.807, 2.05) is 19.9 Å². The van der Waals surface area contributed by atoms with Crippen LogP contribution in [0.1, 0.15) is 27.9 Å². The zero-order chi connectivity index (χ0) is 11.0. The number of ketones is 2. The molecule has 0 saturated heterocycles. The molecule has 0 amide bonds. The van der Waals surface area contributed by atoms with Crippen molar-refractivity contribution in [2.24, 2.45) is 0 Å². The smallest absolute Gasteiger partial charge is 0.177 e. The van der Waals surface area contributed by atoms with Crippen molar-refractivity contribution in [2.75, 3.05) is 6.61 Å². The van der Waals surface area contributed by atoms with E-state index in [2.05, 4.69) is 0 Å². The Labute approximate surface area is 88.1 Å². The molecular formula is C12H12O3. The Morgan fingerprint density at radius 3 is 2.53 bits per heavy atom. The first-order valence-electron chi connectivity index (χ1n) is 4.87. The lowest BCUT2D eigenvalue weighted by molar-refractivity contribution is -0.119. The first-order valence-corrected chi connectivity index (χ1v) is 4.87. The third kappa shape index (κ3) is 1.77. The van der Waals surface area contributed by atoms with Gasteiger partial charge in [-0.2, -0.15) is 0 Å². The molecule has 1 aliphatic rings. The van der Waals surface area contributed by atoms with Crippen LogP contribution in [0.4, 0.5) is 0 Å². The van der Waals surface area contributed by atoms with Crippen LogP contribution in [-0.4, -0.2) is 18.2 Å². The van der Waals surface area contributed by atoms with Crippen molar-refractivity contribution in [3.05, 3.63) is 28.8 Å². The summed E-state index contributed by atoms with van der Waals surface area (Å²) in [5, 5.41) is 0. The summed E-state index contributed by atoms with van der Waals surface area (Å²) in [5.41, 5.74) is 2.64. The number of fused-ring (bicyclic) bond motifs is 1. The lowest BCUT2D eigenvalue weighted by atomic mass is 10.0. The molecule has 0 radical (unpaired) electrons. The molecule has 3 heteroatoms. The number of hydrogen-bond donors (Lipinski definition) is 0. The molecule has 0 bridgehead atoms. The summed E-state index contributed by atoms with van der Waals surface area (Å²) in [6, 6.07) is 3.62. The van der Waals surface area contributed by atoms with Crippen LogP contribution in [0.25, 0.3) is 0 Å². The van der Waals surface area contributed by atoms with E-state index in [-0.39, 0.29) is 24.6 Å². The highest BCUT2D eigenvalue weighted by Gasteiger charge is 2.22. The van der Waals surface area contributed by atoms with Crippen molar-refractivity contribution >= 4 is 11.6 Å². The summed E-state index contributed by atoms with van der Waals surface area (Å²) in [5.74, 6) is 0.232. The number of benzene rings is 1. The van der Waals surface area contributed by atoms with Gasteiger partial charge in [0, 0.05) is 0 Å². The number of carbonyl (C=O) groups excluding carboxylic acids is 2. The predicted octanol–water partition coefficient (Wildman–Crippen LogP) is 1.84. The molecule has 2 rings (SSSR count). The Morgan fingerprint density at radius 1 is 1.13 bits per heavy atom. The number of carbonyl (C=O) groups is 2. The summed E-state index contributed by atoms with van der Waals surface area (Å²) in [4.78, 5) is 22.9. The fourth-order valence-corrected chi connectivity index (χ4v) is 1.61. The second-order valence-corrected chi connectivity index (χ2v) is 3.86. The van der Waals surface area contributed by atoms with Crippen molar-refractivity contribution in [2.45, 2.75) is 20.3 Å². The van der Waals surface area contributed by atoms with Gasteiger partial charge in [-0.3, -0.25) is 9.59 Å². The van der Waals surface area contributed by atoms with Crippen LogP contribution in [0.15, 0.2) is 12.1 Å². The fourth-order valence-electron chi connectivity index (χ4n) is 1.61. The Hall–Kier alpha value is -1.64. The number of Topliss-reactive ketones (excluding diaryl/α,β-unsaturated/α-hetero) is 2. The average molecular weight is 204 g/mol. The normalized spacial score (nSPS) is 15.6. The molecule has 0 N–H and O–H groups in total. The number of ether oxygens (including phenoxy) is 1. The Kier molecular flexibility index (Phi) is 2.31. The highest BCUT2D eigenvalue weighted by molar-refractivity contribution is 6.10. The minimum Gasteiger partial charge on any atom is -0.485 e. The first kappa shape index (κ1) is 9.90. The molecule has 0 unspecified atom stereocenters. The van der Waals surface area contributed by atoms with Crippen LogP contribution in [-0.2, 0) is 4.79 Å². The van der Waals surface area contributed by atoms with Gasteiger partial charge in [0.05, 0.1) is 12.0 Å². The van der Waals surface area contributed by atoms with E-state index in [0.717, 1.165) is 11.1 Å². The fraction of sp³-hybridized carbons (Fsp3) is 0.333. The molecule has 3 nitrogen and oxygen atoms in total. The highest BCUT2D eigenvalue weighted by atomic mass is 16.5. The summed E-state index contributed by atoms with van der Waals surface area (Å²) >= 11 is 0. The van der Waals surface area contributed by atoms with Gasteiger partial charge >= 0.3 is 0 Å². The van der Waals surface area contributed by atoms with Crippen molar-refractivity contribution < 1.29 is 14.3 Å². The second-order valence-electron chi connectivity index (χ2n) is 3.86. The molecule has 1 heterocycles. The lowest BCUT2D eigenvalue weighted by Gasteiger charge is -2.08. The van der Waals surface area contributed by atoms with E-state index in [1.54, 1.807) is 6.07 Å². The van der Waals surface area contributed by atoms with Crippen LogP contribution in [0.2, 0.25) is 0 Å². The van der Waals surface area contributed by atoms with Gasteiger partial charge in [0.25, 0.3) is 0 Å². The minimum absolute atomic E-state index is 0.00123. The van der Waals surface area contributed by atoms with Gasteiger partial charge in [0.15, 0.2) is 11.6 Å². The maximum absolute atomic E-state index is 11.7. The van der Waals surface area contributed by atoms with Crippen molar-refractivity contribution in [1.82, 2.24) is 0 Å². The molecule has 0 fully saturated rings. The zero-order valence-electron chi connectivity index (χ0n) is 8.79. The molecule has 0 saturated carbocycles. The molecule has 1 aliphatic heterocycles. The van der Waals surface area contributed by atoms with Crippen molar-refractivity contribution in [3.63, 3.8) is 0 Å². The van der Waals surface area contributed by atoms with Gasteiger partial charge in [0.2, 0.25) is 0 Å². The Balaban J connectivity index is 2.54. The van der Waals surface area contributed by atoms with Crippen LogP contribution < -0.4 is 4.74 Å². The average Bonchev–Trinajstić information content (AvgIpc) is 2.30. The number of aryl methyl sites for hydroxylation is 2. The molecule has 0 spiro atoms. The van der Waals surface area contributed by atoms with Gasteiger partial charge in [-0.05, 0) is 37.1 Å².